The molecule has 1 amide bonds. The zero-order chi connectivity index (χ0) is 22.2. The fraction of sp³-hybridized carbons (Fsp3) is 0.130. The highest BCUT2D eigenvalue weighted by Crippen LogP contribution is 2.24. The highest BCUT2D eigenvalue weighted by molar-refractivity contribution is 6.35. The third-order valence-corrected chi connectivity index (χ3v) is 4.85. The Labute approximate surface area is 190 Å². The van der Waals surface area contributed by atoms with Crippen LogP contribution < -0.4 is 19.6 Å². The molecule has 6 nitrogen and oxygen atoms in total. The minimum Gasteiger partial charge on any atom is -0.497 e. The second-order valence-electron chi connectivity index (χ2n) is 6.40. The molecule has 0 saturated heterocycles. The molecule has 0 saturated carbocycles. The lowest BCUT2D eigenvalue weighted by Crippen LogP contribution is -2.17. The molecular formula is C23H20Cl2N2O4. The lowest BCUT2D eigenvalue weighted by molar-refractivity contribution is 0.0954. The average molecular weight is 459 g/mol. The first-order valence-electron chi connectivity index (χ1n) is 9.22. The minimum absolute atomic E-state index is 0.297. The number of nitrogens with one attached hydrogen (secondary N) is 1. The van der Waals surface area contributed by atoms with Crippen molar-refractivity contribution >= 4 is 35.3 Å². The van der Waals surface area contributed by atoms with Crippen molar-refractivity contribution in [3.8, 4) is 17.2 Å². The number of hydrogen-bond donors (Lipinski definition) is 1. The summed E-state index contributed by atoms with van der Waals surface area (Å²) in [6, 6.07) is 17.4. The van der Waals surface area contributed by atoms with Crippen LogP contribution in [0.2, 0.25) is 10.0 Å². The standard InChI is InChI=1S/C23H20Cl2N2O4/c1-29-20-9-17(10-21(12-20)30-2)23(28)27-26-13-15-4-3-5-19(8-15)31-14-16-6-7-18(24)11-22(16)25/h3-13H,14H2,1-2H3,(H,27,28)/b26-13-. The van der Waals surface area contributed by atoms with E-state index >= 15 is 0 Å². The number of methoxy groups -OCH3 is 2. The molecule has 0 heterocycles. The van der Waals surface area contributed by atoms with Gasteiger partial charge in [0.25, 0.3) is 5.91 Å². The largest absolute Gasteiger partial charge is 0.497 e. The number of benzene rings is 3. The number of ether oxygens (including phenoxy) is 3. The first-order chi connectivity index (χ1) is 15.0. The number of carbonyl (C=O) groups excluding carboxylic acids is 1. The Morgan fingerprint density at radius 1 is 0.968 bits per heavy atom. The van der Waals surface area contributed by atoms with E-state index in [0.717, 1.165) is 11.1 Å². The third-order valence-electron chi connectivity index (χ3n) is 4.26. The monoisotopic (exact) mass is 458 g/mol. The van der Waals surface area contributed by atoms with E-state index in [0.29, 0.717) is 39.5 Å². The first-order valence-corrected chi connectivity index (χ1v) is 9.97. The second kappa shape index (κ2) is 10.7. The van der Waals surface area contributed by atoms with Gasteiger partial charge in [-0.15, -0.1) is 0 Å². The van der Waals surface area contributed by atoms with Gasteiger partial charge in [0.2, 0.25) is 0 Å². The molecule has 0 aliphatic heterocycles. The van der Waals surface area contributed by atoms with Gasteiger partial charge < -0.3 is 14.2 Å². The van der Waals surface area contributed by atoms with E-state index in [2.05, 4.69) is 10.5 Å². The van der Waals surface area contributed by atoms with Gasteiger partial charge in [0.05, 0.1) is 20.4 Å². The number of hydrazone groups is 1. The Morgan fingerprint density at radius 2 is 1.71 bits per heavy atom. The van der Waals surface area contributed by atoms with Crippen molar-refractivity contribution in [1.29, 1.82) is 0 Å². The summed E-state index contributed by atoms with van der Waals surface area (Å²) in [4.78, 5) is 12.4. The normalized spacial score (nSPS) is 10.7. The molecule has 8 heteroatoms. The molecule has 0 unspecified atom stereocenters. The number of hydrogen-bond acceptors (Lipinski definition) is 5. The van der Waals surface area contributed by atoms with Gasteiger partial charge in [0, 0.05) is 27.2 Å². The Hall–Kier alpha value is -3.22. The molecule has 3 aromatic rings. The Morgan fingerprint density at radius 3 is 2.39 bits per heavy atom. The van der Waals surface area contributed by atoms with Gasteiger partial charge in [0.15, 0.2) is 0 Å². The van der Waals surface area contributed by atoms with Crippen molar-refractivity contribution < 1.29 is 19.0 Å². The summed E-state index contributed by atoms with van der Waals surface area (Å²) in [5.41, 5.74) is 4.43. The molecule has 3 aromatic carbocycles. The third kappa shape index (κ3) is 6.38. The van der Waals surface area contributed by atoms with E-state index in [1.54, 1.807) is 36.4 Å². The quantitative estimate of drug-likeness (QED) is 0.364. The first kappa shape index (κ1) is 22.5. The molecular weight excluding hydrogens is 439 g/mol. The highest BCUT2D eigenvalue weighted by Gasteiger charge is 2.09. The van der Waals surface area contributed by atoms with E-state index in [4.69, 9.17) is 37.4 Å². The van der Waals surface area contributed by atoms with Crippen molar-refractivity contribution in [1.82, 2.24) is 5.43 Å². The smallest absolute Gasteiger partial charge is 0.271 e. The van der Waals surface area contributed by atoms with Gasteiger partial charge in [-0.3, -0.25) is 4.79 Å². The van der Waals surface area contributed by atoms with Crippen molar-refractivity contribution in [2.45, 2.75) is 6.61 Å². The van der Waals surface area contributed by atoms with Crippen molar-refractivity contribution in [3.63, 3.8) is 0 Å². The Kier molecular flexibility index (Phi) is 7.76. The van der Waals surface area contributed by atoms with Crippen molar-refractivity contribution in [2.24, 2.45) is 5.10 Å². The van der Waals surface area contributed by atoms with Gasteiger partial charge in [-0.05, 0) is 42.0 Å². The number of rotatable bonds is 8. The molecule has 3 rings (SSSR count). The maximum Gasteiger partial charge on any atom is 0.271 e. The zero-order valence-electron chi connectivity index (χ0n) is 16.9. The fourth-order valence-electron chi connectivity index (χ4n) is 2.65. The van der Waals surface area contributed by atoms with Crippen LogP contribution in [0.1, 0.15) is 21.5 Å². The van der Waals surface area contributed by atoms with Gasteiger partial charge in [-0.1, -0.05) is 41.4 Å². The maximum absolute atomic E-state index is 12.4. The number of carbonyl (C=O) groups is 1. The molecule has 0 spiro atoms. The predicted molar refractivity (Wildman–Crippen MR) is 122 cm³/mol. The lowest BCUT2D eigenvalue weighted by Gasteiger charge is -2.09. The summed E-state index contributed by atoms with van der Waals surface area (Å²) in [7, 11) is 3.04. The number of halogens is 2. The highest BCUT2D eigenvalue weighted by atomic mass is 35.5. The second-order valence-corrected chi connectivity index (χ2v) is 7.24. The van der Waals surface area contributed by atoms with Crippen LogP contribution in [0.4, 0.5) is 0 Å². The van der Waals surface area contributed by atoms with E-state index in [1.165, 1.54) is 20.4 Å². The van der Waals surface area contributed by atoms with Crippen LogP contribution in [-0.4, -0.2) is 26.3 Å². The average Bonchev–Trinajstić information content (AvgIpc) is 2.78. The van der Waals surface area contributed by atoms with E-state index in [1.807, 2.05) is 24.3 Å². The summed E-state index contributed by atoms with van der Waals surface area (Å²) in [6.45, 7) is 0.297. The summed E-state index contributed by atoms with van der Waals surface area (Å²) < 4.78 is 16.1. The summed E-state index contributed by atoms with van der Waals surface area (Å²) in [5.74, 6) is 1.27. The minimum atomic E-state index is -0.391. The van der Waals surface area contributed by atoms with E-state index in [9.17, 15) is 4.79 Å². The van der Waals surface area contributed by atoms with Crippen molar-refractivity contribution in [2.75, 3.05) is 14.2 Å². The molecule has 0 bridgehead atoms. The van der Waals surface area contributed by atoms with Crippen LogP contribution in [0.15, 0.2) is 65.8 Å². The van der Waals surface area contributed by atoms with Gasteiger partial charge >= 0.3 is 0 Å². The van der Waals surface area contributed by atoms with Crippen LogP contribution in [0.25, 0.3) is 0 Å². The SMILES string of the molecule is COc1cc(OC)cc(C(=O)N/N=C\c2cccc(OCc3ccc(Cl)cc3Cl)c2)c1. The molecule has 31 heavy (non-hydrogen) atoms. The van der Waals surface area contributed by atoms with Crippen LogP contribution in [0, 0.1) is 0 Å². The van der Waals surface area contributed by atoms with Crippen molar-refractivity contribution in [3.05, 3.63) is 87.4 Å². The summed E-state index contributed by atoms with van der Waals surface area (Å²) in [5, 5.41) is 5.13. The summed E-state index contributed by atoms with van der Waals surface area (Å²) >= 11 is 12.1. The molecule has 0 atom stereocenters. The summed E-state index contributed by atoms with van der Waals surface area (Å²) in [6.07, 6.45) is 1.53. The van der Waals surface area contributed by atoms with Gasteiger partial charge in [-0.2, -0.15) is 5.10 Å². The Bertz CT molecular complexity index is 1080. The van der Waals surface area contributed by atoms with Crippen LogP contribution in [-0.2, 0) is 6.61 Å². The fourth-order valence-corrected chi connectivity index (χ4v) is 3.12. The zero-order valence-corrected chi connectivity index (χ0v) is 18.4. The molecule has 160 valence electrons. The Balaban J connectivity index is 1.62. The molecule has 0 fully saturated rings. The molecule has 0 aliphatic carbocycles. The number of amides is 1. The van der Waals surface area contributed by atoms with Crippen LogP contribution in [0.5, 0.6) is 17.2 Å². The van der Waals surface area contributed by atoms with Gasteiger partial charge in [0.1, 0.15) is 23.9 Å². The number of nitrogens with zero attached hydrogens (tertiary/aromatic N) is 1. The maximum atomic E-state index is 12.4. The molecule has 0 radical (unpaired) electrons. The molecule has 0 aromatic heterocycles. The molecule has 1 N–H and O–H groups in total. The van der Waals surface area contributed by atoms with E-state index < -0.39 is 5.91 Å². The van der Waals surface area contributed by atoms with E-state index in [-0.39, 0.29) is 0 Å². The topological polar surface area (TPSA) is 69.2 Å². The van der Waals surface area contributed by atoms with Crippen LogP contribution >= 0.6 is 23.2 Å². The molecule has 0 aliphatic rings. The predicted octanol–water partition coefficient (Wildman–Crippen LogP) is 5.35. The van der Waals surface area contributed by atoms with Gasteiger partial charge in [-0.25, -0.2) is 5.43 Å². The van der Waals surface area contributed by atoms with Crippen LogP contribution in [0.3, 0.4) is 0 Å². The lowest BCUT2D eigenvalue weighted by atomic mass is 10.2.